The molecule has 0 atom stereocenters. The van der Waals surface area contributed by atoms with Crippen LogP contribution >= 0.6 is 0 Å². The molecule has 7 nitrogen and oxygen atoms in total. The Kier molecular flexibility index (Phi) is 8.51. The van der Waals surface area contributed by atoms with E-state index in [1.807, 2.05) is 37.3 Å². The van der Waals surface area contributed by atoms with Crippen molar-refractivity contribution >= 4 is 17.4 Å². The highest BCUT2D eigenvalue weighted by atomic mass is 16.5. The van der Waals surface area contributed by atoms with Crippen molar-refractivity contribution in [2.24, 2.45) is 5.73 Å². The van der Waals surface area contributed by atoms with Gasteiger partial charge in [-0.25, -0.2) is 0 Å². The number of benzene rings is 3. The van der Waals surface area contributed by atoms with E-state index < -0.39 is 0 Å². The lowest BCUT2D eigenvalue weighted by Gasteiger charge is -2.16. The molecule has 3 aromatic rings. The summed E-state index contributed by atoms with van der Waals surface area (Å²) in [6.07, 6.45) is 1.91. The summed E-state index contributed by atoms with van der Waals surface area (Å²) in [5.41, 5.74) is 10.7. The predicted octanol–water partition coefficient (Wildman–Crippen LogP) is 4.27. The molecule has 0 bridgehead atoms. The van der Waals surface area contributed by atoms with Crippen LogP contribution in [-0.4, -0.2) is 32.5 Å². The molecular weight excluding hydrogens is 428 g/mol. The molecule has 3 rings (SSSR count). The van der Waals surface area contributed by atoms with Gasteiger partial charge in [-0.1, -0.05) is 42.5 Å². The SMILES string of the molecule is COc1cc(C(=O)NCc2ccc(C(=N)N)cc2NCCCc2ccccc2)cc(OC)c1C. The van der Waals surface area contributed by atoms with Crippen LogP contribution in [0.3, 0.4) is 0 Å². The number of nitrogen functional groups attached to an aromatic ring is 1. The molecule has 0 radical (unpaired) electrons. The van der Waals surface area contributed by atoms with E-state index in [0.717, 1.165) is 36.2 Å². The molecular formula is C27H32N4O3. The number of amides is 1. The molecule has 5 N–H and O–H groups in total. The zero-order valence-electron chi connectivity index (χ0n) is 19.9. The van der Waals surface area contributed by atoms with Gasteiger partial charge in [-0.15, -0.1) is 0 Å². The molecule has 1 amide bonds. The fourth-order valence-electron chi connectivity index (χ4n) is 3.72. The number of ether oxygens (including phenoxy) is 2. The summed E-state index contributed by atoms with van der Waals surface area (Å²) < 4.78 is 10.8. The number of nitrogens with two attached hydrogens (primary N) is 1. The summed E-state index contributed by atoms with van der Waals surface area (Å²) >= 11 is 0. The number of carbonyl (C=O) groups excluding carboxylic acids is 1. The molecule has 0 unspecified atom stereocenters. The van der Waals surface area contributed by atoms with Crippen molar-refractivity contribution in [3.05, 3.63) is 88.5 Å². The molecule has 0 aromatic heterocycles. The first-order valence-corrected chi connectivity index (χ1v) is 11.2. The first-order chi connectivity index (χ1) is 16.4. The Morgan fingerprint density at radius 2 is 1.65 bits per heavy atom. The Bertz CT molecular complexity index is 1120. The highest BCUT2D eigenvalue weighted by molar-refractivity contribution is 5.96. The molecule has 178 valence electrons. The molecule has 0 aliphatic heterocycles. The van der Waals surface area contributed by atoms with Gasteiger partial charge in [0.25, 0.3) is 5.91 Å². The van der Waals surface area contributed by atoms with Gasteiger partial charge in [-0.05, 0) is 49.1 Å². The summed E-state index contributed by atoms with van der Waals surface area (Å²) in [5.74, 6) is 0.955. The van der Waals surface area contributed by atoms with Gasteiger partial charge < -0.3 is 25.8 Å². The number of hydrogen-bond acceptors (Lipinski definition) is 5. The number of amidine groups is 1. The van der Waals surface area contributed by atoms with E-state index in [1.165, 1.54) is 5.56 Å². The van der Waals surface area contributed by atoms with Crippen molar-refractivity contribution in [1.29, 1.82) is 5.41 Å². The second kappa shape index (κ2) is 11.7. The zero-order valence-corrected chi connectivity index (χ0v) is 19.9. The molecule has 7 heteroatoms. The summed E-state index contributed by atoms with van der Waals surface area (Å²) in [6.45, 7) is 2.95. The van der Waals surface area contributed by atoms with E-state index in [4.69, 9.17) is 20.6 Å². The van der Waals surface area contributed by atoms with E-state index >= 15 is 0 Å². The van der Waals surface area contributed by atoms with Crippen molar-refractivity contribution in [2.45, 2.75) is 26.3 Å². The molecule has 0 aliphatic carbocycles. The van der Waals surface area contributed by atoms with Gasteiger partial charge in [0.15, 0.2) is 0 Å². The lowest BCUT2D eigenvalue weighted by molar-refractivity contribution is 0.0950. The Labute approximate surface area is 200 Å². The molecule has 0 saturated heterocycles. The van der Waals surface area contributed by atoms with E-state index in [0.29, 0.717) is 29.2 Å². The molecule has 0 heterocycles. The van der Waals surface area contributed by atoms with Crippen LogP contribution in [0.4, 0.5) is 5.69 Å². The third-order valence-electron chi connectivity index (χ3n) is 5.68. The minimum absolute atomic E-state index is 0.00164. The average molecular weight is 461 g/mol. The van der Waals surface area contributed by atoms with Crippen molar-refractivity contribution in [2.75, 3.05) is 26.1 Å². The molecule has 34 heavy (non-hydrogen) atoms. The molecule has 0 aliphatic rings. The van der Waals surface area contributed by atoms with Gasteiger partial charge in [-0.3, -0.25) is 10.2 Å². The normalized spacial score (nSPS) is 10.4. The van der Waals surface area contributed by atoms with Crippen LogP contribution in [-0.2, 0) is 13.0 Å². The lowest BCUT2D eigenvalue weighted by atomic mass is 10.1. The van der Waals surface area contributed by atoms with Gasteiger partial charge in [0.2, 0.25) is 0 Å². The quantitative estimate of drug-likeness (QED) is 0.194. The minimum Gasteiger partial charge on any atom is -0.496 e. The maximum absolute atomic E-state index is 12.9. The summed E-state index contributed by atoms with van der Waals surface area (Å²) in [4.78, 5) is 12.9. The minimum atomic E-state index is -0.234. The Balaban J connectivity index is 1.69. The number of nitrogens with one attached hydrogen (secondary N) is 3. The fourth-order valence-corrected chi connectivity index (χ4v) is 3.72. The van der Waals surface area contributed by atoms with Crippen LogP contribution < -0.4 is 25.8 Å². The van der Waals surface area contributed by atoms with Crippen LogP contribution in [0.15, 0.2) is 60.7 Å². The molecule has 0 saturated carbocycles. The van der Waals surface area contributed by atoms with E-state index in [2.05, 4.69) is 22.8 Å². The third kappa shape index (κ3) is 6.28. The van der Waals surface area contributed by atoms with Crippen LogP contribution in [0.2, 0.25) is 0 Å². The highest BCUT2D eigenvalue weighted by Crippen LogP contribution is 2.29. The zero-order chi connectivity index (χ0) is 24.5. The van der Waals surface area contributed by atoms with Crippen molar-refractivity contribution in [3.63, 3.8) is 0 Å². The van der Waals surface area contributed by atoms with Crippen LogP contribution in [0, 0.1) is 12.3 Å². The standard InChI is InChI=1S/C27H32N4O3/c1-18-24(33-2)15-22(16-25(18)34-3)27(32)31-17-21-12-11-20(26(28)29)14-23(21)30-13-7-10-19-8-5-4-6-9-19/h4-6,8-9,11-12,14-16,30H,7,10,13,17H2,1-3H3,(H3,28,29)(H,31,32). The lowest BCUT2D eigenvalue weighted by Crippen LogP contribution is -2.24. The number of anilines is 1. The van der Waals surface area contributed by atoms with Crippen LogP contribution in [0.1, 0.15) is 39.0 Å². The first kappa shape index (κ1) is 24.6. The van der Waals surface area contributed by atoms with E-state index in [9.17, 15) is 4.79 Å². The maximum atomic E-state index is 12.9. The van der Waals surface area contributed by atoms with Gasteiger partial charge in [-0.2, -0.15) is 0 Å². The second-order valence-electron chi connectivity index (χ2n) is 7.99. The number of rotatable bonds is 11. The summed E-state index contributed by atoms with van der Waals surface area (Å²) in [5, 5.41) is 14.2. The first-order valence-electron chi connectivity index (χ1n) is 11.2. The molecule has 0 spiro atoms. The predicted molar refractivity (Wildman–Crippen MR) is 136 cm³/mol. The van der Waals surface area contributed by atoms with Crippen LogP contribution in [0.25, 0.3) is 0 Å². The highest BCUT2D eigenvalue weighted by Gasteiger charge is 2.14. The summed E-state index contributed by atoms with van der Waals surface area (Å²) in [6, 6.07) is 19.3. The van der Waals surface area contributed by atoms with Crippen molar-refractivity contribution < 1.29 is 14.3 Å². The van der Waals surface area contributed by atoms with Crippen LogP contribution in [0.5, 0.6) is 11.5 Å². The molecule has 0 fully saturated rings. The topological polar surface area (TPSA) is 109 Å². The van der Waals surface area contributed by atoms with E-state index in [1.54, 1.807) is 32.4 Å². The van der Waals surface area contributed by atoms with Gasteiger partial charge in [0.05, 0.1) is 14.2 Å². The second-order valence-corrected chi connectivity index (χ2v) is 7.99. The Hall–Kier alpha value is -4.00. The number of aryl methyl sites for hydroxylation is 1. The third-order valence-corrected chi connectivity index (χ3v) is 5.68. The van der Waals surface area contributed by atoms with Gasteiger partial charge in [0, 0.05) is 35.5 Å². The van der Waals surface area contributed by atoms with Gasteiger partial charge in [0.1, 0.15) is 17.3 Å². The number of hydrogen-bond donors (Lipinski definition) is 4. The number of methoxy groups -OCH3 is 2. The van der Waals surface area contributed by atoms with Crippen molar-refractivity contribution in [3.8, 4) is 11.5 Å². The Morgan fingerprint density at radius 1 is 0.971 bits per heavy atom. The van der Waals surface area contributed by atoms with E-state index in [-0.39, 0.29) is 11.7 Å². The average Bonchev–Trinajstić information content (AvgIpc) is 2.86. The largest absolute Gasteiger partial charge is 0.496 e. The fraction of sp³-hybridized carbons (Fsp3) is 0.259. The monoisotopic (exact) mass is 460 g/mol. The number of carbonyl (C=O) groups is 1. The Morgan fingerprint density at radius 3 is 2.26 bits per heavy atom. The van der Waals surface area contributed by atoms with Gasteiger partial charge >= 0.3 is 0 Å². The maximum Gasteiger partial charge on any atom is 0.251 e. The van der Waals surface area contributed by atoms with Crippen molar-refractivity contribution in [1.82, 2.24) is 5.32 Å². The smallest absolute Gasteiger partial charge is 0.251 e. The summed E-state index contributed by atoms with van der Waals surface area (Å²) in [7, 11) is 3.13. The molecule has 3 aromatic carbocycles.